The normalized spacial score (nSPS) is 10.8. The number of halogens is 2. The standard InChI is InChI=1S/C15H15BrN2O.BrH/c1-4-18-13-8-14(19-3)12(16)7-11(13)10-5-6-17-9(2)15(10)18;/h5-8H,4H2,1-3H3;1H. The van der Waals surface area contributed by atoms with Gasteiger partial charge in [-0.2, -0.15) is 0 Å². The van der Waals surface area contributed by atoms with Crippen LogP contribution in [0.25, 0.3) is 21.8 Å². The van der Waals surface area contributed by atoms with E-state index in [1.165, 1.54) is 21.8 Å². The number of nitrogens with zero attached hydrogens (tertiary/aromatic N) is 2. The van der Waals surface area contributed by atoms with E-state index < -0.39 is 0 Å². The molecule has 0 radical (unpaired) electrons. The molecule has 0 spiro atoms. The van der Waals surface area contributed by atoms with E-state index in [1.54, 1.807) is 7.11 Å². The lowest BCUT2D eigenvalue weighted by Gasteiger charge is -2.07. The number of benzene rings is 1. The molecule has 0 saturated heterocycles. The summed E-state index contributed by atoms with van der Waals surface area (Å²) >= 11 is 3.56. The fourth-order valence-corrected chi connectivity index (χ4v) is 3.21. The van der Waals surface area contributed by atoms with Crippen LogP contribution in [0.5, 0.6) is 5.75 Å². The van der Waals surface area contributed by atoms with Crippen molar-refractivity contribution in [2.24, 2.45) is 0 Å². The van der Waals surface area contributed by atoms with Gasteiger partial charge in [-0.05, 0) is 41.9 Å². The predicted octanol–water partition coefficient (Wildman–Crippen LogP) is 4.87. The van der Waals surface area contributed by atoms with Crippen LogP contribution < -0.4 is 4.74 Å². The Labute approximate surface area is 136 Å². The van der Waals surface area contributed by atoms with Crippen LogP contribution >= 0.6 is 32.9 Å². The third-order valence-corrected chi connectivity index (χ3v) is 4.16. The van der Waals surface area contributed by atoms with Crippen molar-refractivity contribution in [1.82, 2.24) is 9.55 Å². The SMILES string of the molecule is Br.CCn1c2cc(OC)c(Br)cc2c2ccnc(C)c21. The summed E-state index contributed by atoms with van der Waals surface area (Å²) in [5, 5.41) is 2.47. The van der Waals surface area contributed by atoms with Gasteiger partial charge in [0.1, 0.15) is 5.75 Å². The van der Waals surface area contributed by atoms with E-state index in [0.717, 1.165) is 22.5 Å². The Kier molecular flexibility index (Phi) is 4.39. The summed E-state index contributed by atoms with van der Waals surface area (Å²) in [6, 6.07) is 6.29. The summed E-state index contributed by atoms with van der Waals surface area (Å²) in [6.45, 7) is 5.12. The van der Waals surface area contributed by atoms with Crippen molar-refractivity contribution in [3.05, 3.63) is 34.6 Å². The van der Waals surface area contributed by atoms with Gasteiger partial charge in [0.25, 0.3) is 0 Å². The Bertz CT molecular complexity index is 780. The number of hydrogen-bond acceptors (Lipinski definition) is 2. The largest absolute Gasteiger partial charge is 0.495 e. The van der Waals surface area contributed by atoms with Crippen molar-refractivity contribution >= 4 is 54.7 Å². The Balaban J connectivity index is 0.00000147. The average Bonchev–Trinajstić information content (AvgIpc) is 2.72. The first kappa shape index (κ1) is 15.3. The van der Waals surface area contributed by atoms with Gasteiger partial charge in [-0.3, -0.25) is 4.98 Å². The maximum absolute atomic E-state index is 5.40. The van der Waals surface area contributed by atoms with Crippen molar-refractivity contribution < 1.29 is 4.74 Å². The molecule has 0 atom stereocenters. The third kappa shape index (κ3) is 2.13. The molecule has 0 aliphatic heterocycles. The van der Waals surface area contributed by atoms with Crippen molar-refractivity contribution in [3.8, 4) is 5.75 Å². The Morgan fingerprint density at radius 1 is 1.30 bits per heavy atom. The number of fused-ring (bicyclic) bond motifs is 3. The highest BCUT2D eigenvalue weighted by Gasteiger charge is 2.14. The van der Waals surface area contributed by atoms with Gasteiger partial charge >= 0.3 is 0 Å². The first-order valence-electron chi connectivity index (χ1n) is 6.28. The minimum atomic E-state index is 0. The lowest BCUT2D eigenvalue weighted by molar-refractivity contribution is 0.412. The van der Waals surface area contributed by atoms with Gasteiger partial charge in [-0.1, -0.05) is 0 Å². The Morgan fingerprint density at radius 2 is 2.05 bits per heavy atom. The Hall–Kier alpha value is -1.07. The van der Waals surface area contributed by atoms with Gasteiger partial charge in [0, 0.05) is 29.6 Å². The number of rotatable bonds is 2. The van der Waals surface area contributed by atoms with E-state index in [4.69, 9.17) is 4.74 Å². The summed E-state index contributed by atoms with van der Waals surface area (Å²) in [6.07, 6.45) is 1.87. The molecule has 5 heteroatoms. The second-order valence-corrected chi connectivity index (χ2v) is 5.40. The summed E-state index contributed by atoms with van der Waals surface area (Å²) in [7, 11) is 1.69. The zero-order valence-corrected chi connectivity index (χ0v) is 14.9. The number of aromatic nitrogens is 2. The van der Waals surface area contributed by atoms with Crippen molar-refractivity contribution in [1.29, 1.82) is 0 Å². The highest BCUT2D eigenvalue weighted by molar-refractivity contribution is 9.10. The average molecular weight is 400 g/mol. The van der Waals surface area contributed by atoms with Gasteiger partial charge in [-0.15, -0.1) is 17.0 Å². The van der Waals surface area contributed by atoms with Crippen LogP contribution in [0.1, 0.15) is 12.6 Å². The van der Waals surface area contributed by atoms with E-state index in [-0.39, 0.29) is 17.0 Å². The summed E-state index contributed by atoms with van der Waals surface area (Å²) in [5.74, 6) is 0.857. The molecule has 0 aliphatic carbocycles. The molecule has 0 saturated carbocycles. The summed E-state index contributed by atoms with van der Waals surface area (Å²) < 4.78 is 8.68. The zero-order valence-electron chi connectivity index (χ0n) is 11.6. The maximum atomic E-state index is 5.40. The molecule has 1 aromatic carbocycles. The number of ether oxygens (including phenoxy) is 1. The highest BCUT2D eigenvalue weighted by atomic mass is 79.9. The smallest absolute Gasteiger partial charge is 0.135 e. The monoisotopic (exact) mass is 398 g/mol. The zero-order chi connectivity index (χ0) is 13.6. The first-order valence-corrected chi connectivity index (χ1v) is 7.07. The molecule has 2 heterocycles. The van der Waals surface area contributed by atoms with Crippen LogP contribution in [-0.4, -0.2) is 16.7 Å². The number of aryl methyl sites for hydroxylation is 2. The molecule has 0 amide bonds. The minimum absolute atomic E-state index is 0. The van der Waals surface area contributed by atoms with Gasteiger partial charge in [0.15, 0.2) is 0 Å². The summed E-state index contributed by atoms with van der Waals surface area (Å²) in [5.41, 5.74) is 3.46. The third-order valence-electron chi connectivity index (χ3n) is 3.54. The van der Waals surface area contributed by atoms with Crippen LogP contribution in [0, 0.1) is 6.92 Å². The van der Waals surface area contributed by atoms with Gasteiger partial charge in [-0.25, -0.2) is 0 Å². The second-order valence-electron chi connectivity index (χ2n) is 4.54. The molecule has 106 valence electrons. The van der Waals surface area contributed by atoms with E-state index in [0.29, 0.717) is 0 Å². The predicted molar refractivity (Wildman–Crippen MR) is 92.2 cm³/mol. The minimum Gasteiger partial charge on any atom is -0.495 e. The van der Waals surface area contributed by atoms with Crippen LogP contribution in [0.2, 0.25) is 0 Å². The molecule has 3 aromatic rings. The lowest BCUT2D eigenvalue weighted by Crippen LogP contribution is -1.96. The molecule has 0 fully saturated rings. The molecule has 0 unspecified atom stereocenters. The number of hydrogen-bond donors (Lipinski definition) is 0. The van der Waals surface area contributed by atoms with Crippen LogP contribution in [0.4, 0.5) is 0 Å². The van der Waals surface area contributed by atoms with E-state index in [2.05, 4.69) is 57.5 Å². The Morgan fingerprint density at radius 3 is 2.70 bits per heavy atom. The first-order chi connectivity index (χ1) is 9.17. The van der Waals surface area contributed by atoms with Crippen molar-refractivity contribution in [3.63, 3.8) is 0 Å². The van der Waals surface area contributed by atoms with Crippen LogP contribution in [-0.2, 0) is 6.54 Å². The van der Waals surface area contributed by atoms with Gasteiger partial charge < -0.3 is 9.30 Å². The second kappa shape index (κ2) is 5.74. The fourth-order valence-electron chi connectivity index (χ4n) is 2.70. The molecule has 3 nitrogen and oxygen atoms in total. The molecule has 2 aromatic heterocycles. The molecule has 20 heavy (non-hydrogen) atoms. The maximum Gasteiger partial charge on any atom is 0.135 e. The van der Waals surface area contributed by atoms with Crippen molar-refractivity contribution in [2.75, 3.05) is 7.11 Å². The molecule has 0 bridgehead atoms. The van der Waals surface area contributed by atoms with Gasteiger partial charge in [0.05, 0.1) is 28.3 Å². The molecular weight excluding hydrogens is 384 g/mol. The molecule has 0 N–H and O–H groups in total. The van der Waals surface area contributed by atoms with E-state index >= 15 is 0 Å². The molecule has 0 aliphatic rings. The topological polar surface area (TPSA) is 27.1 Å². The quantitative estimate of drug-likeness (QED) is 0.614. The van der Waals surface area contributed by atoms with Gasteiger partial charge in [0.2, 0.25) is 0 Å². The van der Waals surface area contributed by atoms with Crippen LogP contribution in [0.15, 0.2) is 28.9 Å². The lowest BCUT2D eigenvalue weighted by atomic mass is 10.1. The van der Waals surface area contributed by atoms with E-state index in [1.807, 2.05) is 6.20 Å². The number of pyridine rings is 1. The highest BCUT2D eigenvalue weighted by Crippen LogP contribution is 2.36. The summed E-state index contributed by atoms with van der Waals surface area (Å²) in [4.78, 5) is 4.41. The van der Waals surface area contributed by atoms with Crippen LogP contribution in [0.3, 0.4) is 0 Å². The molecule has 3 rings (SSSR count). The number of methoxy groups -OCH3 is 1. The fraction of sp³-hybridized carbons (Fsp3) is 0.267. The molecular formula is C15H16Br2N2O. The van der Waals surface area contributed by atoms with E-state index in [9.17, 15) is 0 Å². The van der Waals surface area contributed by atoms with Crippen molar-refractivity contribution in [2.45, 2.75) is 20.4 Å².